The van der Waals surface area contributed by atoms with Crippen molar-refractivity contribution in [2.24, 2.45) is 0 Å². The summed E-state index contributed by atoms with van der Waals surface area (Å²) in [5.41, 5.74) is 0.334. The molecule has 30 heavy (non-hydrogen) atoms. The van der Waals surface area contributed by atoms with E-state index in [-0.39, 0.29) is 37.8 Å². The van der Waals surface area contributed by atoms with Crippen LogP contribution in [0.4, 0.5) is 5.69 Å². The zero-order valence-electron chi connectivity index (χ0n) is 16.5. The highest BCUT2D eigenvalue weighted by Crippen LogP contribution is 2.45. The lowest BCUT2D eigenvalue weighted by Crippen LogP contribution is -2.68. The van der Waals surface area contributed by atoms with Gasteiger partial charge in [0.05, 0.1) is 11.3 Å². The average molecular weight is 402 g/mol. The molecule has 4 rings (SSSR count). The molecule has 0 unspecified atom stereocenters. The first-order chi connectivity index (χ1) is 14.6. The summed E-state index contributed by atoms with van der Waals surface area (Å²) in [5, 5.41) is 0. The highest BCUT2D eigenvalue weighted by Gasteiger charge is 2.61. The van der Waals surface area contributed by atoms with Gasteiger partial charge in [0.2, 0.25) is 11.6 Å². The van der Waals surface area contributed by atoms with Crippen LogP contribution < -0.4 is 4.90 Å². The first kappa shape index (κ1) is 19.6. The van der Waals surface area contributed by atoms with Crippen molar-refractivity contribution in [3.63, 3.8) is 0 Å². The summed E-state index contributed by atoms with van der Waals surface area (Å²) in [7, 11) is 0. The highest BCUT2D eigenvalue weighted by atomic mass is 16.5. The smallest absolute Gasteiger partial charge is 0.354 e. The van der Waals surface area contributed by atoms with Crippen molar-refractivity contribution >= 4 is 29.5 Å². The zero-order valence-corrected chi connectivity index (χ0v) is 16.5. The number of ether oxygens (including phenoxy) is 1. The second kappa shape index (κ2) is 7.99. The van der Waals surface area contributed by atoms with Crippen molar-refractivity contribution in [1.82, 2.24) is 4.90 Å². The number of esters is 1. The van der Waals surface area contributed by atoms with Gasteiger partial charge in [0.25, 0.3) is 5.91 Å². The molecule has 0 saturated carbocycles. The summed E-state index contributed by atoms with van der Waals surface area (Å²) in [6.45, 7) is 3.89. The third kappa shape index (κ3) is 3.10. The van der Waals surface area contributed by atoms with Crippen LogP contribution in [0.25, 0.3) is 6.08 Å². The van der Waals surface area contributed by atoms with E-state index in [1.165, 1.54) is 9.80 Å². The number of benzene rings is 2. The molecule has 2 aromatic carbocycles. The van der Waals surface area contributed by atoms with E-state index < -0.39 is 11.6 Å². The molecule has 0 N–H and O–H groups in total. The number of anilines is 1. The minimum absolute atomic E-state index is 0.0370. The summed E-state index contributed by atoms with van der Waals surface area (Å²) in [5.74, 6) is -1.13. The molecule has 0 radical (unpaired) electrons. The summed E-state index contributed by atoms with van der Waals surface area (Å²) < 4.78 is 5.55. The van der Waals surface area contributed by atoms with Gasteiger partial charge >= 0.3 is 5.97 Å². The van der Waals surface area contributed by atoms with Gasteiger partial charge in [-0.1, -0.05) is 54.6 Å². The summed E-state index contributed by atoms with van der Waals surface area (Å²) in [6.07, 6.45) is 5.48. The molecular weight excluding hydrogens is 380 g/mol. The maximum Gasteiger partial charge on any atom is 0.354 e. The van der Waals surface area contributed by atoms with E-state index in [0.717, 1.165) is 5.56 Å². The average Bonchev–Trinajstić information content (AvgIpc) is 3.13. The molecule has 2 amide bonds. The van der Waals surface area contributed by atoms with Crippen LogP contribution in [0.3, 0.4) is 0 Å². The Kier molecular flexibility index (Phi) is 5.23. The number of nitrogens with zero attached hydrogens (tertiary/aromatic N) is 2. The molecule has 152 valence electrons. The molecule has 0 aliphatic carbocycles. The number of hydrogen-bond donors (Lipinski definition) is 0. The largest absolute Gasteiger partial charge is 0.458 e. The lowest BCUT2D eigenvalue weighted by atomic mass is 9.96. The molecule has 6 nitrogen and oxygen atoms in total. The number of hydrogen-bond acceptors (Lipinski definition) is 4. The first-order valence-electron chi connectivity index (χ1n) is 9.83. The number of fused-ring (bicyclic) bond motifs is 3. The summed E-state index contributed by atoms with van der Waals surface area (Å²) in [6, 6.07) is 16.5. The predicted molar refractivity (Wildman–Crippen MR) is 114 cm³/mol. The van der Waals surface area contributed by atoms with E-state index in [9.17, 15) is 14.4 Å². The third-order valence-electron chi connectivity index (χ3n) is 5.43. The topological polar surface area (TPSA) is 66.9 Å². The van der Waals surface area contributed by atoms with E-state index in [2.05, 4.69) is 6.58 Å². The second-order valence-corrected chi connectivity index (χ2v) is 7.18. The normalized spacial score (nSPS) is 20.3. The predicted octanol–water partition coefficient (Wildman–Crippen LogP) is 3.41. The number of rotatable bonds is 6. The molecule has 1 atom stereocenters. The fraction of sp³-hybridized carbons (Fsp3) is 0.208. The number of carbonyl (C=O) groups excluding carboxylic acids is 3. The van der Waals surface area contributed by atoms with E-state index >= 15 is 0 Å². The van der Waals surface area contributed by atoms with Crippen LogP contribution in [0, 0.1) is 0 Å². The molecule has 1 fully saturated rings. The number of carbonyl (C=O) groups is 3. The maximum absolute atomic E-state index is 13.3. The second-order valence-electron chi connectivity index (χ2n) is 7.18. The van der Waals surface area contributed by atoms with Crippen molar-refractivity contribution in [2.75, 3.05) is 18.1 Å². The van der Waals surface area contributed by atoms with Gasteiger partial charge < -0.3 is 9.64 Å². The quantitative estimate of drug-likeness (QED) is 0.549. The summed E-state index contributed by atoms with van der Waals surface area (Å²) >= 11 is 0. The van der Waals surface area contributed by atoms with Gasteiger partial charge in [-0.15, -0.1) is 6.58 Å². The Morgan fingerprint density at radius 2 is 1.83 bits per heavy atom. The molecular formula is C24H22N2O4. The maximum atomic E-state index is 13.3. The van der Waals surface area contributed by atoms with Crippen molar-refractivity contribution in [3.8, 4) is 0 Å². The van der Waals surface area contributed by atoms with Gasteiger partial charge in [-0.05, 0) is 23.8 Å². The molecule has 2 heterocycles. The van der Waals surface area contributed by atoms with E-state index in [1.807, 2.05) is 36.4 Å². The van der Waals surface area contributed by atoms with E-state index in [1.54, 1.807) is 36.4 Å². The highest BCUT2D eigenvalue weighted by molar-refractivity contribution is 6.15. The van der Waals surface area contributed by atoms with Gasteiger partial charge in [0.1, 0.15) is 6.61 Å². The van der Waals surface area contributed by atoms with E-state index in [4.69, 9.17) is 4.74 Å². The summed E-state index contributed by atoms with van der Waals surface area (Å²) in [4.78, 5) is 42.1. The minimum atomic E-state index is -1.49. The number of para-hydroxylation sites is 1. The van der Waals surface area contributed by atoms with Gasteiger partial charge in [0, 0.05) is 19.4 Å². The standard InChI is InChI=1S/C24H22N2O4/c1-2-16-25-22(28)19-12-6-7-13-20(19)26-21(27)14-15-24(25,26)23(29)30-17-8-11-18-9-4-3-5-10-18/h2-13H,1,14-17H2/b11-8+/t24-/m0/s1. The fourth-order valence-electron chi connectivity index (χ4n) is 4.12. The molecule has 2 aliphatic rings. The van der Waals surface area contributed by atoms with Gasteiger partial charge in [-0.3, -0.25) is 14.5 Å². The van der Waals surface area contributed by atoms with Crippen LogP contribution in [0.2, 0.25) is 0 Å². The van der Waals surface area contributed by atoms with Crippen molar-refractivity contribution in [1.29, 1.82) is 0 Å². The monoisotopic (exact) mass is 402 g/mol. The molecule has 2 aliphatic heterocycles. The lowest BCUT2D eigenvalue weighted by molar-refractivity contribution is -0.155. The lowest BCUT2D eigenvalue weighted by Gasteiger charge is -2.48. The van der Waals surface area contributed by atoms with Gasteiger partial charge in [-0.25, -0.2) is 4.79 Å². The molecule has 6 heteroatoms. The molecule has 1 saturated heterocycles. The Bertz CT molecular complexity index is 1030. The van der Waals surface area contributed by atoms with Crippen molar-refractivity contribution < 1.29 is 19.1 Å². The van der Waals surface area contributed by atoms with Crippen LogP contribution in [-0.4, -0.2) is 41.5 Å². The Morgan fingerprint density at radius 1 is 1.10 bits per heavy atom. The third-order valence-corrected chi connectivity index (χ3v) is 5.43. The Hall–Kier alpha value is -3.67. The van der Waals surface area contributed by atoms with Crippen molar-refractivity contribution in [2.45, 2.75) is 18.5 Å². The van der Waals surface area contributed by atoms with Gasteiger partial charge in [0.15, 0.2) is 0 Å². The van der Waals surface area contributed by atoms with Crippen LogP contribution in [0.1, 0.15) is 28.8 Å². The van der Waals surface area contributed by atoms with Crippen LogP contribution in [0.15, 0.2) is 73.3 Å². The first-order valence-corrected chi connectivity index (χ1v) is 9.83. The van der Waals surface area contributed by atoms with Crippen molar-refractivity contribution in [3.05, 3.63) is 84.5 Å². The van der Waals surface area contributed by atoms with E-state index in [0.29, 0.717) is 11.3 Å². The molecule has 0 bridgehead atoms. The zero-order chi connectivity index (χ0) is 21.1. The minimum Gasteiger partial charge on any atom is -0.458 e. The van der Waals surface area contributed by atoms with Crippen LogP contribution in [0.5, 0.6) is 0 Å². The SMILES string of the molecule is C=CCN1C(=O)c2ccccc2N2C(=O)CC[C@]12C(=O)OC/C=C/c1ccccc1. The Labute approximate surface area is 175 Å². The Morgan fingerprint density at radius 3 is 2.60 bits per heavy atom. The van der Waals surface area contributed by atoms with Gasteiger partial charge in [-0.2, -0.15) is 0 Å². The molecule has 0 aromatic heterocycles. The Balaban J connectivity index is 1.65. The van der Waals surface area contributed by atoms with Crippen LogP contribution in [-0.2, 0) is 14.3 Å². The molecule has 0 spiro atoms. The van der Waals surface area contributed by atoms with Crippen LogP contribution >= 0.6 is 0 Å². The fourth-order valence-corrected chi connectivity index (χ4v) is 4.12. The molecule has 2 aromatic rings. The number of amides is 2.